The molecule has 1 aromatic carbocycles. The predicted octanol–water partition coefficient (Wildman–Crippen LogP) is 1.69. The summed E-state index contributed by atoms with van der Waals surface area (Å²) in [7, 11) is 0. The Balaban J connectivity index is 1.38. The molecule has 0 saturated carbocycles. The summed E-state index contributed by atoms with van der Waals surface area (Å²) < 4.78 is 0. The molecule has 3 heterocycles. The molecule has 1 spiro atoms. The van der Waals surface area contributed by atoms with Gasteiger partial charge in [0.25, 0.3) is 0 Å². The largest absolute Gasteiger partial charge is 0.392 e. The molecule has 4 rings (SSSR count). The summed E-state index contributed by atoms with van der Waals surface area (Å²) in [6, 6.07) is 11.4. The Morgan fingerprint density at radius 3 is 2.52 bits per heavy atom. The Kier molecular flexibility index (Phi) is 4.89. The summed E-state index contributed by atoms with van der Waals surface area (Å²) >= 11 is 0. The fourth-order valence-electron chi connectivity index (χ4n) is 5.33. The summed E-state index contributed by atoms with van der Waals surface area (Å²) in [5.74, 6) is 0.712. The van der Waals surface area contributed by atoms with Crippen LogP contribution in [-0.4, -0.2) is 83.3 Å². The number of piperazine rings is 1. The van der Waals surface area contributed by atoms with Crippen LogP contribution in [0.15, 0.2) is 30.3 Å². The monoisotopic (exact) mass is 343 g/mol. The molecule has 0 unspecified atom stereocenters. The van der Waals surface area contributed by atoms with Crippen LogP contribution in [0.5, 0.6) is 0 Å². The van der Waals surface area contributed by atoms with Crippen molar-refractivity contribution in [2.45, 2.75) is 44.4 Å². The van der Waals surface area contributed by atoms with E-state index in [0.29, 0.717) is 12.0 Å². The van der Waals surface area contributed by atoms with Gasteiger partial charge in [0.15, 0.2) is 0 Å². The Morgan fingerprint density at radius 1 is 1.08 bits per heavy atom. The van der Waals surface area contributed by atoms with Crippen LogP contribution in [0.4, 0.5) is 0 Å². The Bertz CT molecular complexity index is 570. The second kappa shape index (κ2) is 6.99. The van der Waals surface area contributed by atoms with Gasteiger partial charge in [0.2, 0.25) is 0 Å². The molecule has 4 nitrogen and oxygen atoms in total. The number of aliphatic hydroxyl groups is 1. The molecule has 2 atom stereocenters. The molecule has 3 saturated heterocycles. The van der Waals surface area contributed by atoms with Crippen LogP contribution in [0, 0.1) is 5.92 Å². The average molecular weight is 344 g/mol. The maximum absolute atomic E-state index is 10.2. The maximum atomic E-state index is 10.2. The van der Waals surface area contributed by atoms with E-state index in [4.69, 9.17) is 0 Å². The van der Waals surface area contributed by atoms with Crippen LogP contribution in [0.3, 0.4) is 0 Å². The van der Waals surface area contributed by atoms with E-state index in [-0.39, 0.29) is 11.6 Å². The van der Waals surface area contributed by atoms with Gasteiger partial charge < -0.3 is 5.11 Å². The average Bonchev–Trinajstić information content (AvgIpc) is 2.91. The van der Waals surface area contributed by atoms with Crippen molar-refractivity contribution in [2.75, 3.05) is 45.8 Å². The van der Waals surface area contributed by atoms with E-state index in [1.54, 1.807) is 0 Å². The first kappa shape index (κ1) is 17.5. The Morgan fingerprint density at radius 2 is 1.80 bits per heavy atom. The highest BCUT2D eigenvalue weighted by molar-refractivity contribution is 5.17. The molecule has 3 fully saturated rings. The van der Waals surface area contributed by atoms with E-state index >= 15 is 0 Å². The van der Waals surface area contributed by atoms with Crippen LogP contribution in [0.2, 0.25) is 0 Å². The molecule has 4 heteroatoms. The van der Waals surface area contributed by atoms with Crippen molar-refractivity contribution < 1.29 is 5.11 Å². The standard InChI is InChI=1S/C21H33N3O/c1-17(2)11-23-12-19-10-20(25)13-24(19)21(16-23)14-22(15-21)9-8-18-6-4-3-5-7-18/h3-7,17,19-20,25H,8-16H2,1-2H3/t19-,20-/m1/s1. The quantitative estimate of drug-likeness (QED) is 0.881. The van der Waals surface area contributed by atoms with E-state index in [1.165, 1.54) is 18.7 Å². The Hall–Kier alpha value is -0.940. The molecule has 1 aromatic rings. The van der Waals surface area contributed by atoms with Crippen molar-refractivity contribution in [3.8, 4) is 0 Å². The van der Waals surface area contributed by atoms with Gasteiger partial charge in [-0.2, -0.15) is 0 Å². The van der Waals surface area contributed by atoms with E-state index in [0.717, 1.165) is 45.6 Å². The van der Waals surface area contributed by atoms with Gasteiger partial charge >= 0.3 is 0 Å². The van der Waals surface area contributed by atoms with Crippen molar-refractivity contribution in [3.63, 3.8) is 0 Å². The highest BCUT2D eigenvalue weighted by Gasteiger charge is 2.55. The third-order valence-corrected chi connectivity index (χ3v) is 6.21. The minimum Gasteiger partial charge on any atom is -0.392 e. The summed E-state index contributed by atoms with van der Waals surface area (Å²) in [4.78, 5) is 7.93. The summed E-state index contributed by atoms with van der Waals surface area (Å²) in [5, 5.41) is 10.2. The van der Waals surface area contributed by atoms with Gasteiger partial charge in [-0.25, -0.2) is 0 Å². The second-order valence-corrected chi connectivity index (χ2v) is 8.95. The fourth-order valence-corrected chi connectivity index (χ4v) is 5.33. The molecule has 138 valence electrons. The van der Waals surface area contributed by atoms with Gasteiger partial charge in [0.1, 0.15) is 0 Å². The van der Waals surface area contributed by atoms with Gasteiger partial charge in [-0.1, -0.05) is 44.2 Å². The maximum Gasteiger partial charge on any atom is 0.0682 e. The van der Waals surface area contributed by atoms with Crippen molar-refractivity contribution in [2.24, 2.45) is 5.92 Å². The van der Waals surface area contributed by atoms with Crippen LogP contribution >= 0.6 is 0 Å². The molecule has 1 N–H and O–H groups in total. The zero-order chi connectivity index (χ0) is 17.4. The molecule has 25 heavy (non-hydrogen) atoms. The lowest BCUT2D eigenvalue weighted by Gasteiger charge is -2.61. The third-order valence-electron chi connectivity index (χ3n) is 6.21. The minimum absolute atomic E-state index is 0.126. The van der Waals surface area contributed by atoms with Gasteiger partial charge in [0, 0.05) is 51.9 Å². The summed E-state index contributed by atoms with van der Waals surface area (Å²) in [6.07, 6.45) is 1.97. The van der Waals surface area contributed by atoms with Crippen molar-refractivity contribution in [1.29, 1.82) is 0 Å². The van der Waals surface area contributed by atoms with Gasteiger partial charge in [-0.05, 0) is 24.3 Å². The van der Waals surface area contributed by atoms with Crippen LogP contribution in [0.25, 0.3) is 0 Å². The number of likely N-dealkylation sites (tertiary alicyclic amines) is 1. The van der Waals surface area contributed by atoms with E-state index in [1.807, 2.05) is 0 Å². The SMILES string of the molecule is CC(C)CN1C[C@H]2C[C@@H](O)CN2C2(C1)CN(CCc1ccccc1)C2. The number of fused-ring (bicyclic) bond motifs is 2. The lowest BCUT2D eigenvalue weighted by Crippen LogP contribution is -2.78. The van der Waals surface area contributed by atoms with Crippen LogP contribution in [-0.2, 0) is 6.42 Å². The lowest BCUT2D eigenvalue weighted by atomic mass is 9.83. The molecule has 0 bridgehead atoms. The molecular formula is C21H33N3O. The van der Waals surface area contributed by atoms with Crippen molar-refractivity contribution in [3.05, 3.63) is 35.9 Å². The smallest absolute Gasteiger partial charge is 0.0682 e. The van der Waals surface area contributed by atoms with Crippen LogP contribution < -0.4 is 0 Å². The number of β-amino-alcohol motifs (C(OH)–C–C–N with tert-alkyl or cyclic N) is 1. The minimum atomic E-state index is -0.126. The molecule has 0 amide bonds. The zero-order valence-electron chi connectivity index (χ0n) is 15.8. The number of aliphatic hydroxyl groups excluding tert-OH is 1. The molecule has 0 aliphatic carbocycles. The topological polar surface area (TPSA) is 30.0 Å². The molecule has 0 radical (unpaired) electrons. The summed E-state index contributed by atoms with van der Waals surface area (Å²) in [6.45, 7) is 12.5. The van der Waals surface area contributed by atoms with Crippen molar-refractivity contribution >= 4 is 0 Å². The third kappa shape index (κ3) is 3.63. The summed E-state index contributed by atoms with van der Waals surface area (Å²) in [5.41, 5.74) is 1.72. The first-order valence-electron chi connectivity index (χ1n) is 9.97. The van der Waals surface area contributed by atoms with Gasteiger partial charge in [-0.15, -0.1) is 0 Å². The number of rotatable bonds is 5. The van der Waals surface area contributed by atoms with E-state index in [9.17, 15) is 5.11 Å². The normalized spacial score (nSPS) is 29.9. The molecule has 3 aliphatic heterocycles. The number of hydrogen-bond acceptors (Lipinski definition) is 4. The molecular weight excluding hydrogens is 310 g/mol. The lowest BCUT2D eigenvalue weighted by molar-refractivity contribution is -0.114. The van der Waals surface area contributed by atoms with Crippen LogP contribution in [0.1, 0.15) is 25.8 Å². The van der Waals surface area contributed by atoms with Crippen molar-refractivity contribution in [1.82, 2.24) is 14.7 Å². The number of nitrogens with zero attached hydrogens (tertiary/aromatic N) is 3. The van der Waals surface area contributed by atoms with Gasteiger partial charge in [0.05, 0.1) is 11.6 Å². The first-order chi connectivity index (χ1) is 12.0. The van der Waals surface area contributed by atoms with E-state index < -0.39 is 0 Å². The number of hydrogen-bond donors (Lipinski definition) is 1. The van der Waals surface area contributed by atoms with Gasteiger partial charge in [-0.3, -0.25) is 14.7 Å². The number of benzene rings is 1. The zero-order valence-corrected chi connectivity index (χ0v) is 15.8. The Labute approximate surface area is 152 Å². The fraction of sp³-hybridized carbons (Fsp3) is 0.714. The first-order valence-corrected chi connectivity index (χ1v) is 9.97. The second-order valence-electron chi connectivity index (χ2n) is 8.95. The predicted molar refractivity (Wildman–Crippen MR) is 102 cm³/mol. The highest BCUT2D eigenvalue weighted by atomic mass is 16.3. The highest BCUT2D eigenvalue weighted by Crippen LogP contribution is 2.39. The molecule has 3 aliphatic rings. The molecule has 0 aromatic heterocycles. The van der Waals surface area contributed by atoms with E-state index in [2.05, 4.69) is 58.9 Å².